The summed E-state index contributed by atoms with van der Waals surface area (Å²) in [4.78, 5) is 18.6. The number of nitrogens with zero attached hydrogens (tertiary/aromatic N) is 6. The first-order valence-corrected chi connectivity index (χ1v) is 7.22. The fourth-order valence-corrected chi connectivity index (χ4v) is 2.59. The van der Waals surface area contributed by atoms with Crippen LogP contribution in [0.5, 0.6) is 6.01 Å². The first kappa shape index (κ1) is 14.2. The molecule has 3 heterocycles. The summed E-state index contributed by atoms with van der Waals surface area (Å²) in [6.45, 7) is 2.23. The molecular formula is C15H16N6O. The van der Waals surface area contributed by atoms with Crippen LogP contribution in [-0.4, -0.2) is 39.6 Å². The number of aromatic nitrogens is 4. The van der Waals surface area contributed by atoms with Crippen molar-refractivity contribution in [3.05, 3.63) is 36.5 Å². The molecule has 7 heteroatoms. The van der Waals surface area contributed by atoms with E-state index in [1.165, 1.54) is 0 Å². The Morgan fingerprint density at radius 3 is 2.82 bits per heavy atom. The molecule has 0 aromatic carbocycles. The van der Waals surface area contributed by atoms with Crippen LogP contribution >= 0.6 is 0 Å². The van der Waals surface area contributed by atoms with Gasteiger partial charge in [0.2, 0.25) is 0 Å². The fourth-order valence-electron chi connectivity index (χ4n) is 2.59. The van der Waals surface area contributed by atoms with Gasteiger partial charge in [-0.15, -0.1) is 0 Å². The topological polar surface area (TPSA) is 87.8 Å². The molecule has 0 N–H and O–H groups in total. The number of ether oxygens (including phenoxy) is 1. The Kier molecular flexibility index (Phi) is 4.39. The van der Waals surface area contributed by atoms with Crippen LogP contribution in [-0.2, 0) is 0 Å². The summed E-state index contributed by atoms with van der Waals surface area (Å²) in [6.07, 6.45) is 8.59. The maximum atomic E-state index is 9.15. The number of anilines is 1. The van der Waals surface area contributed by atoms with Crippen molar-refractivity contribution in [3.63, 3.8) is 0 Å². The van der Waals surface area contributed by atoms with E-state index in [9.17, 15) is 0 Å². The average molecular weight is 296 g/mol. The molecule has 1 aliphatic rings. The molecule has 112 valence electrons. The zero-order chi connectivity index (χ0) is 15.2. The second-order valence-corrected chi connectivity index (χ2v) is 5.14. The maximum Gasteiger partial charge on any atom is 0.316 e. The molecule has 2 aromatic heterocycles. The molecular weight excluding hydrogens is 280 g/mol. The zero-order valence-corrected chi connectivity index (χ0v) is 12.1. The van der Waals surface area contributed by atoms with Crippen LogP contribution in [0.15, 0.2) is 30.9 Å². The SMILES string of the molecule is N#Cc1nccnc1N1CCCC(COc2ncccn2)C1. The van der Waals surface area contributed by atoms with Gasteiger partial charge in [0.05, 0.1) is 6.61 Å². The molecule has 0 spiro atoms. The Morgan fingerprint density at radius 2 is 2.00 bits per heavy atom. The molecule has 22 heavy (non-hydrogen) atoms. The van der Waals surface area contributed by atoms with Crippen molar-refractivity contribution in [3.8, 4) is 12.1 Å². The molecule has 1 aliphatic heterocycles. The van der Waals surface area contributed by atoms with Crippen LogP contribution in [0, 0.1) is 17.2 Å². The van der Waals surface area contributed by atoms with Gasteiger partial charge in [-0.3, -0.25) is 0 Å². The Labute approximate surface area is 128 Å². The van der Waals surface area contributed by atoms with E-state index >= 15 is 0 Å². The molecule has 0 bridgehead atoms. The van der Waals surface area contributed by atoms with Crippen molar-refractivity contribution in [1.29, 1.82) is 5.26 Å². The van der Waals surface area contributed by atoms with Gasteiger partial charge in [-0.05, 0) is 18.9 Å². The first-order valence-electron chi connectivity index (χ1n) is 7.22. The lowest BCUT2D eigenvalue weighted by Crippen LogP contribution is -2.38. The van der Waals surface area contributed by atoms with E-state index < -0.39 is 0 Å². The van der Waals surface area contributed by atoms with Crippen LogP contribution in [0.1, 0.15) is 18.5 Å². The van der Waals surface area contributed by atoms with Crippen LogP contribution in [0.4, 0.5) is 5.82 Å². The highest BCUT2D eigenvalue weighted by molar-refractivity contribution is 5.49. The highest BCUT2D eigenvalue weighted by Gasteiger charge is 2.23. The summed E-state index contributed by atoms with van der Waals surface area (Å²) >= 11 is 0. The molecule has 1 saturated heterocycles. The lowest BCUT2D eigenvalue weighted by molar-refractivity contribution is 0.214. The van der Waals surface area contributed by atoms with Crippen molar-refractivity contribution in [2.75, 3.05) is 24.6 Å². The second kappa shape index (κ2) is 6.80. The van der Waals surface area contributed by atoms with Crippen molar-refractivity contribution in [2.45, 2.75) is 12.8 Å². The minimum absolute atomic E-state index is 0.353. The molecule has 3 rings (SSSR count). The van der Waals surface area contributed by atoms with Gasteiger partial charge in [0, 0.05) is 43.8 Å². The van der Waals surface area contributed by atoms with Crippen molar-refractivity contribution in [1.82, 2.24) is 19.9 Å². The Morgan fingerprint density at radius 1 is 1.18 bits per heavy atom. The average Bonchev–Trinajstić information content (AvgIpc) is 2.61. The third-order valence-electron chi connectivity index (χ3n) is 3.59. The molecule has 1 atom stereocenters. The van der Waals surface area contributed by atoms with Gasteiger partial charge in [-0.25, -0.2) is 19.9 Å². The quantitative estimate of drug-likeness (QED) is 0.843. The van der Waals surface area contributed by atoms with Crippen LogP contribution in [0.2, 0.25) is 0 Å². The number of rotatable bonds is 4. The third-order valence-corrected chi connectivity index (χ3v) is 3.59. The van der Waals surface area contributed by atoms with E-state index in [1.807, 2.05) is 0 Å². The summed E-state index contributed by atoms with van der Waals surface area (Å²) < 4.78 is 5.64. The Bertz CT molecular complexity index is 657. The summed E-state index contributed by atoms with van der Waals surface area (Å²) in [5, 5.41) is 9.15. The molecule has 0 saturated carbocycles. The van der Waals surface area contributed by atoms with E-state index in [0.717, 1.165) is 25.9 Å². The normalized spacial score (nSPS) is 17.8. The Hall–Kier alpha value is -2.75. The molecule has 0 radical (unpaired) electrons. The van der Waals surface area contributed by atoms with E-state index in [1.54, 1.807) is 30.9 Å². The van der Waals surface area contributed by atoms with Gasteiger partial charge >= 0.3 is 6.01 Å². The van der Waals surface area contributed by atoms with Gasteiger partial charge in [0.1, 0.15) is 6.07 Å². The van der Waals surface area contributed by atoms with Crippen molar-refractivity contribution < 1.29 is 4.74 Å². The smallest absolute Gasteiger partial charge is 0.316 e. The zero-order valence-electron chi connectivity index (χ0n) is 12.1. The number of piperidine rings is 1. The molecule has 1 unspecified atom stereocenters. The molecule has 7 nitrogen and oxygen atoms in total. The summed E-state index contributed by atoms with van der Waals surface area (Å²) in [5.41, 5.74) is 0.371. The van der Waals surface area contributed by atoms with Gasteiger partial charge in [0.15, 0.2) is 11.5 Å². The Balaban J connectivity index is 1.63. The number of nitriles is 1. The van der Waals surface area contributed by atoms with Gasteiger partial charge in [-0.1, -0.05) is 0 Å². The highest BCUT2D eigenvalue weighted by Crippen LogP contribution is 2.23. The molecule has 1 fully saturated rings. The van der Waals surface area contributed by atoms with E-state index in [2.05, 4.69) is 30.9 Å². The van der Waals surface area contributed by atoms with Crippen LogP contribution in [0.3, 0.4) is 0 Å². The van der Waals surface area contributed by atoms with Crippen LogP contribution < -0.4 is 9.64 Å². The van der Waals surface area contributed by atoms with Gasteiger partial charge in [-0.2, -0.15) is 5.26 Å². The first-order chi connectivity index (χ1) is 10.9. The molecule has 0 amide bonds. The largest absolute Gasteiger partial charge is 0.463 e. The van der Waals surface area contributed by atoms with Gasteiger partial charge < -0.3 is 9.64 Å². The fraction of sp³-hybridized carbons (Fsp3) is 0.400. The monoisotopic (exact) mass is 296 g/mol. The van der Waals surface area contributed by atoms with Crippen molar-refractivity contribution in [2.24, 2.45) is 5.92 Å². The lowest BCUT2D eigenvalue weighted by atomic mass is 9.99. The third kappa shape index (κ3) is 3.28. The number of hydrogen-bond acceptors (Lipinski definition) is 7. The van der Waals surface area contributed by atoms with Crippen molar-refractivity contribution >= 4 is 5.82 Å². The summed E-state index contributed by atoms with van der Waals surface area (Å²) in [7, 11) is 0. The number of hydrogen-bond donors (Lipinski definition) is 0. The molecule has 2 aromatic rings. The minimum Gasteiger partial charge on any atom is -0.463 e. The van der Waals surface area contributed by atoms with E-state index in [0.29, 0.717) is 30.0 Å². The van der Waals surface area contributed by atoms with E-state index in [-0.39, 0.29) is 0 Å². The standard InChI is InChI=1S/C15H16N6O/c16-9-13-14(18-7-6-17-13)21-8-1-3-12(10-21)11-22-15-19-4-2-5-20-15/h2,4-7,12H,1,3,8,10-11H2. The van der Waals surface area contributed by atoms with Gasteiger partial charge in [0.25, 0.3) is 0 Å². The molecule has 0 aliphatic carbocycles. The summed E-state index contributed by atoms with van der Waals surface area (Å²) in [6, 6.07) is 4.26. The second-order valence-electron chi connectivity index (χ2n) is 5.14. The minimum atomic E-state index is 0.353. The predicted octanol–water partition coefficient (Wildman–Crippen LogP) is 1.43. The van der Waals surface area contributed by atoms with E-state index in [4.69, 9.17) is 10.00 Å². The maximum absolute atomic E-state index is 9.15. The predicted molar refractivity (Wildman–Crippen MR) is 79.2 cm³/mol. The van der Waals surface area contributed by atoms with Crippen LogP contribution in [0.25, 0.3) is 0 Å². The highest BCUT2D eigenvalue weighted by atomic mass is 16.5. The lowest BCUT2D eigenvalue weighted by Gasteiger charge is -2.33. The summed E-state index contributed by atoms with van der Waals surface area (Å²) in [5.74, 6) is 1.01.